The molecule has 0 bridgehead atoms. The molecule has 1 unspecified atom stereocenters. The maximum absolute atomic E-state index is 12.6. The normalized spacial score (nSPS) is 17.9. The standard InChI is InChI=1S/C16H22N2O3/c1-15(2,3)12(13(19)20)18-14(21)16(8-9-16)10-4-6-11(17)7-5-10/h4-7,12H,8-9,17H2,1-3H3,(H,18,21)(H,19,20). The average Bonchev–Trinajstić information content (AvgIpc) is 3.16. The van der Waals surface area contributed by atoms with Gasteiger partial charge in [0.05, 0.1) is 5.41 Å². The molecule has 1 saturated carbocycles. The summed E-state index contributed by atoms with van der Waals surface area (Å²) in [4.78, 5) is 23.9. The molecule has 1 amide bonds. The number of anilines is 1. The number of carbonyl (C=O) groups is 2. The fraction of sp³-hybridized carbons (Fsp3) is 0.500. The minimum absolute atomic E-state index is 0.213. The molecular weight excluding hydrogens is 268 g/mol. The van der Waals surface area contributed by atoms with E-state index in [9.17, 15) is 14.7 Å². The van der Waals surface area contributed by atoms with Crippen molar-refractivity contribution in [3.8, 4) is 0 Å². The number of carboxylic acid groups (broad SMARTS) is 1. The summed E-state index contributed by atoms with van der Waals surface area (Å²) >= 11 is 0. The number of hydrogen-bond donors (Lipinski definition) is 3. The lowest BCUT2D eigenvalue weighted by Gasteiger charge is -2.29. The summed E-state index contributed by atoms with van der Waals surface area (Å²) in [5, 5.41) is 12.0. The maximum Gasteiger partial charge on any atom is 0.326 e. The Morgan fingerprint density at radius 1 is 1.24 bits per heavy atom. The van der Waals surface area contributed by atoms with E-state index in [1.54, 1.807) is 32.9 Å². The third kappa shape index (κ3) is 3.01. The van der Waals surface area contributed by atoms with Gasteiger partial charge in [-0.25, -0.2) is 4.79 Å². The van der Waals surface area contributed by atoms with Crippen LogP contribution in [0.2, 0.25) is 0 Å². The first-order chi connectivity index (χ1) is 9.67. The Morgan fingerprint density at radius 3 is 2.14 bits per heavy atom. The van der Waals surface area contributed by atoms with Crippen LogP contribution in [-0.2, 0) is 15.0 Å². The van der Waals surface area contributed by atoms with Gasteiger partial charge >= 0.3 is 5.97 Å². The monoisotopic (exact) mass is 290 g/mol. The fourth-order valence-electron chi connectivity index (χ4n) is 2.49. The largest absolute Gasteiger partial charge is 0.480 e. The van der Waals surface area contributed by atoms with E-state index >= 15 is 0 Å². The van der Waals surface area contributed by atoms with Gasteiger partial charge in [-0.15, -0.1) is 0 Å². The minimum atomic E-state index is -1.01. The van der Waals surface area contributed by atoms with E-state index in [0.717, 1.165) is 18.4 Å². The molecule has 1 fully saturated rings. The van der Waals surface area contributed by atoms with Crippen LogP contribution in [0, 0.1) is 5.41 Å². The van der Waals surface area contributed by atoms with Crippen LogP contribution in [0.15, 0.2) is 24.3 Å². The third-order valence-electron chi connectivity index (χ3n) is 4.04. The molecule has 0 spiro atoms. The Morgan fingerprint density at radius 2 is 1.76 bits per heavy atom. The van der Waals surface area contributed by atoms with Gasteiger partial charge in [0.25, 0.3) is 0 Å². The van der Waals surface area contributed by atoms with Crippen LogP contribution in [0.25, 0.3) is 0 Å². The van der Waals surface area contributed by atoms with Gasteiger partial charge in [0.2, 0.25) is 5.91 Å². The summed E-state index contributed by atoms with van der Waals surface area (Å²) in [5.41, 5.74) is 6.07. The highest BCUT2D eigenvalue weighted by Gasteiger charge is 2.52. The molecule has 0 saturated heterocycles. The number of nitrogen functional groups attached to an aromatic ring is 1. The summed E-state index contributed by atoms with van der Waals surface area (Å²) in [7, 11) is 0. The molecule has 0 radical (unpaired) electrons. The van der Waals surface area contributed by atoms with E-state index < -0.39 is 22.8 Å². The highest BCUT2D eigenvalue weighted by Crippen LogP contribution is 2.48. The minimum Gasteiger partial charge on any atom is -0.480 e. The number of carboxylic acids is 1. The molecule has 1 atom stereocenters. The Kier molecular flexibility index (Phi) is 3.70. The second kappa shape index (κ2) is 5.06. The molecule has 0 aliphatic heterocycles. The molecule has 21 heavy (non-hydrogen) atoms. The molecule has 1 aliphatic carbocycles. The Labute approximate surface area is 124 Å². The molecule has 5 heteroatoms. The first-order valence-electron chi connectivity index (χ1n) is 7.07. The Hall–Kier alpha value is -2.04. The maximum atomic E-state index is 12.6. The van der Waals surface area contributed by atoms with Crippen molar-refractivity contribution < 1.29 is 14.7 Å². The van der Waals surface area contributed by atoms with Gasteiger partial charge in [-0.3, -0.25) is 4.79 Å². The van der Waals surface area contributed by atoms with Crippen LogP contribution in [0.4, 0.5) is 5.69 Å². The van der Waals surface area contributed by atoms with Crippen LogP contribution in [-0.4, -0.2) is 23.0 Å². The van der Waals surface area contributed by atoms with Crippen LogP contribution < -0.4 is 11.1 Å². The lowest BCUT2D eigenvalue weighted by Crippen LogP contribution is -2.52. The third-order valence-corrected chi connectivity index (χ3v) is 4.04. The van der Waals surface area contributed by atoms with E-state index in [-0.39, 0.29) is 5.91 Å². The van der Waals surface area contributed by atoms with Gasteiger partial charge in [0.15, 0.2) is 0 Å². The van der Waals surface area contributed by atoms with Crippen molar-refractivity contribution in [3.05, 3.63) is 29.8 Å². The average molecular weight is 290 g/mol. The van der Waals surface area contributed by atoms with Crippen LogP contribution in [0.5, 0.6) is 0 Å². The van der Waals surface area contributed by atoms with Crippen LogP contribution >= 0.6 is 0 Å². The number of aliphatic carboxylic acids is 1. The van der Waals surface area contributed by atoms with Gasteiger partial charge < -0.3 is 16.2 Å². The number of carbonyl (C=O) groups excluding carboxylic acids is 1. The van der Waals surface area contributed by atoms with Crippen molar-refractivity contribution >= 4 is 17.6 Å². The second-order valence-electron chi connectivity index (χ2n) is 6.81. The topological polar surface area (TPSA) is 92.4 Å². The van der Waals surface area contributed by atoms with Crippen molar-refractivity contribution in [1.82, 2.24) is 5.32 Å². The van der Waals surface area contributed by atoms with Gasteiger partial charge in [-0.1, -0.05) is 32.9 Å². The van der Waals surface area contributed by atoms with E-state index in [1.165, 1.54) is 0 Å². The fourth-order valence-corrected chi connectivity index (χ4v) is 2.49. The zero-order valence-corrected chi connectivity index (χ0v) is 12.6. The molecule has 1 aliphatic rings. The second-order valence-corrected chi connectivity index (χ2v) is 6.81. The van der Waals surface area contributed by atoms with Gasteiger partial charge in [0.1, 0.15) is 6.04 Å². The molecule has 5 nitrogen and oxygen atoms in total. The first kappa shape index (κ1) is 15.4. The molecule has 1 aromatic carbocycles. The number of benzene rings is 1. The predicted octanol–water partition coefficient (Wildman–Crippen LogP) is 1.92. The number of hydrogen-bond acceptors (Lipinski definition) is 3. The zero-order chi connectivity index (χ0) is 15.8. The highest BCUT2D eigenvalue weighted by atomic mass is 16.4. The van der Waals surface area contributed by atoms with E-state index in [0.29, 0.717) is 5.69 Å². The molecule has 1 aromatic rings. The van der Waals surface area contributed by atoms with Crippen molar-refractivity contribution in [1.29, 1.82) is 0 Å². The quantitative estimate of drug-likeness (QED) is 0.739. The Balaban J connectivity index is 2.20. The lowest BCUT2D eigenvalue weighted by molar-refractivity contribution is -0.145. The number of nitrogens with two attached hydrogens (primary N) is 1. The predicted molar refractivity (Wildman–Crippen MR) is 80.8 cm³/mol. The SMILES string of the molecule is CC(C)(C)C(NC(=O)C1(c2ccc(N)cc2)CC1)C(=O)O. The van der Waals surface area contributed by atoms with Crippen molar-refractivity contribution in [2.75, 3.05) is 5.73 Å². The summed E-state index contributed by atoms with van der Waals surface area (Å²) in [6, 6.07) is 6.31. The van der Waals surface area contributed by atoms with Gasteiger partial charge in [-0.05, 0) is 36.0 Å². The number of rotatable bonds is 4. The number of amides is 1. The summed E-state index contributed by atoms with van der Waals surface area (Å²) in [5.74, 6) is -1.22. The summed E-state index contributed by atoms with van der Waals surface area (Å²) < 4.78 is 0. The van der Waals surface area contributed by atoms with E-state index in [1.807, 2.05) is 12.1 Å². The molecule has 0 heterocycles. The smallest absolute Gasteiger partial charge is 0.326 e. The zero-order valence-electron chi connectivity index (χ0n) is 12.6. The van der Waals surface area contributed by atoms with Crippen molar-refractivity contribution in [3.63, 3.8) is 0 Å². The van der Waals surface area contributed by atoms with Crippen molar-refractivity contribution in [2.24, 2.45) is 5.41 Å². The van der Waals surface area contributed by atoms with Gasteiger partial charge in [0, 0.05) is 5.69 Å². The highest BCUT2D eigenvalue weighted by molar-refractivity contribution is 5.94. The van der Waals surface area contributed by atoms with Crippen LogP contribution in [0.1, 0.15) is 39.2 Å². The number of nitrogens with one attached hydrogen (secondary N) is 1. The Bertz CT molecular complexity index is 554. The van der Waals surface area contributed by atoms with E-state index in [2.05, 4.69) is 5.32 Å². The van der Waals surface area contributed by atoms with Crippen LogP contribution in [0.3, 0.4) is 0 Å². The summed E-state index contributed by atoms with van der Waals surface area (Å²) in [6.07, 6.45) is 1.47. The molecule has 2 rings (SSSR count). The molecule has 114 valence electrons. The first-order valence-corrected chi connectivity index (χ1v) is 7.07. The summed E-state index contributed by atoms with van der Waals surface area (Å²) in [6.45, 7) is 5.40. The van der Waals surface area contributed by atoms with Gasteiger partial charge in [-0.2, -0.15) is 0 Å². The van der Waals surface area contributed by atoms with E-state index in [4.69, 9.17) is 5.73 Å². The molecule has 0 aromatic heterocycles. The molecular formula is C16H22N2O3. The lowest BCUT2D eigenvalue weighted by atomic mass is 9.85. The van der Waals surface area contributed by atoms with Crippen molar-refractivity contribution in [2.45, 2.75) is 45.1 Å². The molecule has 4 N–H and O–H groups in total.